The van der Waals surface area contributed by atoms with Crippen LogP contribution in [-0.4, -0.2) is 49.8 Å². The molecule has 2 unspecified atom stereocenters. The number of rotatable bonds is 4. The van der Waals surface area contributed by atoms with E-state index in [1.807, 2.05) is 0 Å². The van der Waals surface area contributed by atoms with Crippen LogP contribution in [0.25, 0.3) is 0 Å². The van der Waals surface area contributed by atoms with Crippen molar-refractivity contribution in [3.05, 3.63) is 0 Å². The Morgan fingerprint density at radius 2 is 2.06 bits per heavy atom. The fourth-order valence-electron chi connectivity index (χ4n) is 2.35. The molecule has 0 aromatic heterocycles. The van der Waals surface area contributed by atoms with E-state index in [0.29, 0.717) is 17.5 Å². The SMILES string of the molecule is CCOCCN1CC(C(C)(C)C)NCCC1C. The van der Waals surface area contributed by atoms with Gasteiger partial charge >= 0.3 is 0 Å². The van der Waals surface area contributed by atoms with Gasteiger partial charge in [0.25, 0.3) is 0 Å². The van der Waals surface area contributed by atoms with E-state index in [1.165, 1.54) is 6.42 Å². The van der Waals surface area contributed by atoms with Crippen molar-refractivity contribution < 1.29 is 4.74 Å². The lowest BCUT2D eigenvalue weighted by molar-refractivity contribution is 0.0883. The second-order valence-electron chi connectivity index (χ2n) is 6.20. The van der Waals surface area contributed by atoms with Gasteiger partial charge in [-0.15, -0.1) is 0 Å². The molecule has 17 heavy (non-hydrogen) atoms. The molecule has 1 aliphatic rings. The first kappa shape index (κ1) is 14.9. The molecule has 1 saturated heterocycles. The molecule has 0 spiro atoms. The van der Waals surface area contributed by atoms with Crippen molar-refractivity contribution in [3.63, 3.8) is 0 Å². The van der Waals surface area contributed by atoms with E-state index in [4.69, 9.17) is 4.74 Å². The molecular formula is C14H30N2O. The number of hydrogen-bond acceptors (Lipinski definition) is 3. The third kappa shape index (κ3) is 4.94. The van der Waals surface area contributed by atoms with Crippen molar-refractivity contribution >= 4 is 0 Å². The Morgan fingerprint density at radius 1 is 1.35 bits per heavy atom. The first-order valence-electron chi connectivity index (χ1n) is 7.00. The number of nitrogens with zero attached hydrogens (tertiary/aromatic N) is 1. The highest BCUT2D eigenvalue weighted by molar-refractivity contribution is 4.88. The Morgan fingerprint density at radius 3 is 2.65 bits per heavy atom. The van der Waals surface area contributed by atoms with Gasteiger partial charge in [0, 0.05) is 31.8 Å². The molecule has 3 nitrogen and oxygen atoms in total. The fourth-order valence-corrected chi connectivity index (χ4v) is 2.35. The van der Waals surface area contributed by atoms with Gasteiger partial charge in [0.2, 0.25) is 0 Å². The minimum atomic E-state index is 0.327. The van der Waals surface area contributed by atoms with E-state index in [0.717, 1.165) is 32.8 Å². The Kier molecular flexibility index (Phi) is 5.90. The molecule has 102 valence electrons. The number of hydrogen-bond donors (Lipinski definition) is 1. The van der Waals surface area contributed by atoms with Gasteiger partial charge in [0.15, 0.2) is 0 Å². The van der Waals surface area contributed by atoms with Gasteiger partial charge in [-0.05, 0) is 32.2 Å². The molecule has 0 aromatic carbocycles. The maximum absolute atomic E-state index is 5.48. The molecule has 1 rings (SSSR count). The molecule has 3 heteroatoms. The van der Waals surface area contributed by atoms with E-state index in [1.54, 1.807) is 0 Å². The third-order valence-corrected chi connectivity index (χ3v) is 3.77. The summed E-state index contributed by atoms with van der Waals surface area (Å²) in [5, 5.41) is 3.69. The van der Waals surface area contributed by atoms with Crippen LogP contribution in [0.2, 0.25) is 0 Å². The van der Waals surface area contributed by atoms with E-state index in [-0.39, 0.29) is 0 Å². The zero-order chi connectivity index (χ0) is 12.9. The maximum Gasteiger partial charge on any atom is 0.0593 e. The van der Waals surface area contributed by atoms with E-state index < -0.39 is 0 Å². The summed E-state index contributed by atoms with van der Waals surface area (Å²) in [6.45, 7) is 16.4. The van der Waals surface area contributed by atoms with Crippen molar-refractivity contribution in [2.24, 2.45) is 5.41 Å². The van der Waals surface area contributed by atoms with Gasteiger partial charge in [-0.25, -0.2) is 0 Å². The van der Waals surface area contributed by atoms with E-state index in [9.17, 15) is 0 Å². The number of ether oxygens (including phenoxy) is 1. The summed E-state index contributed by atoms with van der Waals surface area (Å²) in [7, 11) is 0. The lowest BCUT2D eigenvalue weighted by atomic mass is 9.86. The third-order valence-electron chi connectivity index (χ3n) is 3.77. The second kappa shape index (κ2) is 6.72. The van der Waals surface area contributed by atoms with Gasteiger partial charge in [0.1, 0.15) is 0 Å². The average molecular weight is 242 g/mol. The summed E-state index contributed by atoms with van der Waals surface area (Å²) in [5.74, 6) is 0. The Bertz CT molecular complexity index is 213. The van der Waals surface area contributed by atoms with Crippen molar-refractivity contribution in [1.29, 1.82) is 0 Å². The van der Waals surface area contributed by atoms with Crippen LogP contribution in [0.1, 0.15) is 41.0 Å². The van der Waals surface area contributed by atoms with Crippen LogP contribution in [0.5, 0.6) is 0 Å². The predicted octanol–water partition coefficient (Wildman–Crippen LogP) is 2.12. The molecule has 0 bridgehead atoms. The van der Waals surface area contributed by atoms with Gasteiger partial charge in [-0.3, -0.25) is 4.90 Å². The summed E-state index contributed by atoms with van der Waals surface area (Å²) in [6.07, 6.45) is 1.23. The van der Waals surface area contributed by atoms with Gasteiger partial charge < -0.3 is 10.1 Å². The molecule has 1 N–H and O–H groups in total. The highest BCUT2D eigenvalue weighted by atomic mass is 16.5. The summed E-state index contributed by atoms with van der Waals surface area (Å²) in [4.78, 5) is 2.57. The van der Waals surface area contributed by atoms with Crippen LogP contribution in [-0.2, 0) is 4.74 Å². The van der Waals surface area contributed by atoms with Crippen LogP contribution >= 0.6 is 0 Å². The fraction of sp³-hybridized carbons (Fsp3) is 1.00. The van der Waals surface area contributed by atoms with Crippen LogP contribution in [0.15, 0.2) is 0 Å². The smallest absolute Gasteiger partial charge is 0.0593 e. The maximum atomic E-state index is 5.48. The molecule has 1 fully saturated rings. The summed E-state index contributed by atoms with van der Waals surface area (Å²) < 4.78 is 5.48. The molecule has 0 aromatic rings. The zero-order valence-corrected chi connectivity index (χ0v) is 12.3. The van der Waals surface area contributed by atoms with Crippen LogP contribution in [0.4, 0.5) is 0 Å². The highest BCUT2D eigenvalue weighted by Gasteiger charge is 2.30. The van der Waals surface area contributed by atoms with Crippen LogP contribution in [0.3, 0.4) is 0 Å². The van der Waals surface area contributed by atoms with E-state index >= 15 is 0 Å². The van der Waals surface area contributed by atoms with Gasteiger partial charge in [-0.1, -0.05) is 20.8 Å². The second-order valence-corrected chi connectivity index (χ2v) is 6.20. The summed E-state index contributed by atoms with van der Waals surface area (Å²) in [5.41, 5.74) is 0.327. The molecule has 1 heterocycles. The van der Waals surface area contributed by atoms with Crippen LogP contribution in [0, 0.1) is 5.41 Å². The molecule has 0 aliphatic carbocycles. The standard InChI is InChI=1S/C14H30N2O/c1-6-17-10-9-16-11-13(14(3,4)5)15-8-7-12(16)2/h12-13,15H,6-11H2,1-5H3. The number of nitrogens with one attached hydrogen (secondary N) is 1. The largest absolute Gasteiger partial charge is 0.380 e. The first-order valence-corrected chi connectivity index (χ1v) is 7.00. The normalized spacial score (nSPS) is 28.1. The average Bonchev–Trinajstić information content (AvgIpc) is 2.41. The molecule has 0 amide bonds. The molecule has 0 saturated carbocycles. The molecular weight excluding hydrogens is 212 g/mol. The Hall–Kier alpha value is -0.120. The quantitative estimate of drug-likeness (QED) is 0.764. The lowest BCUT2D eigenvalue weighted by Gasteiger charge is -2.35. The minimum Gasteiger partial charge on any atom is -0.380 e. The predicted molar refractivity (Wildman–Crippen MR) is 73.4 cm³/mol. The summed E-state index contributed by atoms with van der Waals surface area (Å²) >= 11 is 0. The van der Waals surface area contributed by atoms with Gasteiger partial charge in [-0.2, -0.15) is 0 Å². The molecule has 0 radical (unpaired) electrons. The van der Waals surface area contributed by atoms with Crippen molar-refractivity contribution in [2.75, 3.05) is 32.8 Å². The highest BCUT2D eigenvalue weighted by Crippen LogP contribution is 2.23. The van der Waals surface area contributed by atoms with Crippen LogP contribution < -0.4 is 5.32 Å². The van der Waals surface area contributed by atoms with Crippen molar-refractivity contribution in [2.45, 2.75) is 53.1 Å². The zero-order valence-electron chi connectivity index (χ0n) is 12.3. The van der Waals surface area contributed by atoms with E-state index in [2.05, 4.69) is 44.8 Å². The first-order chi connectivity index (χ1) is 7.95. The minimum absolute atomic E-state index is 0.327. The van der Waals surface area contributed by atoms with Gasteiger partial charge in [0.05, 0.1) is 6.61 Å². The Balaban J connectivity index is 2.53. The monoisotopic (exact) mass is 242 g/mol. The summed E-state index contributed by atoms with van der Waals surface area (Å²) in [6, 6.07) is 1.24. The topological polar surface area (TPSA) is 24.5 Å². The van der Waals surface area contributed by atoms with Crippen molar-refractivity contribution in [3.8, 4) is 0 Å². The van der Waals surface area contributed by atoms with Crippen molar-refractivity contribution in [1.82, 2.24) is 10.2 Å². The lowest BCUT2D eigenvalue weighted by Crippen LogP contribution is -2.47. The molecule has 2 atom stereocenters. The Labute approximate surface area is 107 Å². The molecule has 1 aliphatic heterocycles.